The zero-order valence-electron chi connectivity index (χ0n) is 8.96. The van der Waals surface area contributed by atoms with Crippen LogP contribution in [-0.2, 0) is 0 Å². The summed E-state index contributed by atoms with van der Waals surface area (Å²) in [5.74, 6) is 0.338. The summed E-state index contributed by atoms with van der Waals surface area (Å²) in [5, 5.41) is 9.72. The van der Waals surface area contributed by atoms with E-state index in [2.05, 4.69) is 0 Å². The number of fused-ring (bicyclic) bond motifs is 1. The van der Waals surface area contributed by atoms with Crippen molar-refractivity contribution in [3.63, 3.8) is 0 Å². The average Bonchev–Trinajstić information content (AvgIpc) is 2.47. The molecular weight excluding hydrogens is 195 g/mol. The van der Waals surface area contributed by atoms with Gasteiger partial charge < -0.3 is 9.84 Å². The quantitative estimate of drug-likeness (QED) is 0.812. The van der Waals surface area contributed by atoms with Crippen molar-refractivity contribution < 1.29 is 14.2 Å². The molecule has 1 aliphatic heterocycles. The largest absolute Gasteiger partial charge is 0.493 e. The Morgan fingerprint density at radius 1 is 1.53 bits per heavy atom. The predicted octanol–water partition coefficient (Wildman–Crippen LogP) is 2.46. The molecule has 0 saturated heterocycles. The highest BCUT2D eigenvalue weighted by molar-refractivity contribution is 5.40. The fraction of sp³-hybridized carbons (Fsp3) is 0.500. The number of hydrogen-bond donors (Lipinski definition) is 1. The van der Waals surface area contributed by atoms with Crippen LogP contribution in [0.3, 0.4) is 0 Å². The summed E-state index contributed by atoms with van der Waals surface area (Å²) in [6, 6.07) is 4.84. The van der Waals surface area contributed by atoms with Gasteiger partial charge in [0.25, 0.3) is 0 Å². The number of aliphatic hydroxyl groups is 1. The lowest BCUT2D eigenvalue weighted by Gasteiger charge is -2.21. The first-order valence-corrected chi connectivity index (χ1v) is 5.11. The van der Waals surface area contributed by atoms with Crippen LogP contribution in [-0.4, -0.2) is 17.3 Å². The van der Waals surface area contributed by atoms with Crippen LogP contribution in [0.4, 0.5) is 4.39 Å². The smallest absolute Gasteiger partial charge is 0.130 e. The molecule has 0 spiro atoms. The molecule has 15 heavy (non-hydrogen) atoms. The Bertz CT molecular complexity index is 368. The maximum atomic E-state index is 13.6. The van der Waals surface area contributed by atoms with Gasteiger partial charge in [-0.05, 0) is 32.4 Å². The zero-order valence-corrected chi connectivity index (χ0v) is 8.96. The van der Waals surface area contributed by atoms with Crippen LogP contribution >= 0.6 is 0 Å². The van der Waals surface area contributed by atoms with Gasteiger partial charge in [0.2, 0.25) is 0 Å². The third kappa shape index (κ3) is 2.12. The molecular formula is C12H15FO2. The molecule has 0 amide bonds. The van der Waals surface area contributed by atoms with Crippen LogP contribution in [0.2, 0.25) is 0 Å². The molecule has 0 radical (unpaired) electrons. The Balaban J connectivity index is 2.28. The standard InChI is InChI=1S/C12H15FO2/c1-12(2,14)6-8-7-15-10-5-3-4-9(13)11(8)10/h3-5,8,14H,6-7H2,1-2H3. The first-order valence-electron chi connectivity index (χ1n) is 5.11. The second-order valence-electron chi connectivity index (χ2n) is 4.68. The summed E-state index contributed by atoms with van der Waals surface area (Å²) >= 11 is 0. The van der Waals surface area contributed by atoms with E-state index < -0.39 is 5.60 Å². The van der Waals surface area contributed by atoms with Crippen LogP contribution in [0.15, 0.2) is 18.2 Å². The molecule has 1 aromatic rings. The molecule has 82 valence electrons. The fourth-order valence-corrected chi connectivity index (χ4v) is 2.08. The highest BCUT2D eigenvalue weighted by Gasteiger charge is 2.31. The Morgan fingerprint density at radius 2 is 2.27 bits per heavy atom. The number of benzene rings is 1. The van der Waals surface area contributed by atoms with Crippen LogP contribution in [0.25, 0.3) is 0 Å². The first-order chi connectivity index (χ1) is 6.97. The minimum atomic E-state index is -0.794. The minimum Gasteiger partial charge on any atom is -0.493 e. The molecule has 1 atom stereocenters. The van der Waals surface area contributed by atoms with Gasteiger partial charge in [0.05, 0.1) is 12.2 Å². The molecule has 1 heterocycles. The second-order valence-corrected chi connectivity index (χ2v) is 4.68. The minimum absolute atomic E-state index is 0.0406. The summed E-state index contributed by atoms with van der Waals surface area (Å²) in [6.07, 6.45) is 0.515. The number of halogens is 1. The van der Waals surface area contributed by atoms with Crippen molar-refractivity contribution in [1.82, 2.24) is 0 Å². The van der Waals surface area contributed by atoms with Gasteiger partial charge >= 0.3 is 0 Å². The second kappa shape index (κ2) is 3.49. The molecule has 1 unspecified atom stereocenters. The molecule has 1 N–H and O–H groups in total. The van der Waals surface area contributed by atoms with Crippen molar-refractivity contribution in [3.8, 4) is 5.75 Å². The van der Waals surface area contributed by atoms with E-state index >= 15 is 0 Å². The van der Waals surface area contributed by atoms with Crippen LogP contribution in [0, 0.1) is 5.82 Å². The molecule has 1 aliphatic rings. The molecule has 0 aliphatic carbocycles. The summed E-state index contributed by atoms with van der Waals surface area (Å²) in [5.41, 5.74) is -0.183. The SMILES string of the molecule is CC(C)(O)CC1COc2cccc(F)c21. The van der Waals surface area contributed by atoms with Gasteiger partial charge in [0.15, 0.2) is 0 Å². The van der Waals surface area contributed by atoms with Crippen LogP contribution in [0.5, 0.6) is 5.75 Å². The van der Waals surface area contributed by atoms with E-state index in [0.717, 1.165) is 0 Å². The average molecular weight is 210 g/mol. The third-order valence-electron chi connectivity index (χ3n) is 2.61. The van der Waals surface area contributed by atoms with Crippen molar-refractivity contribution in [2.24, 2.45) is 0 Å². The molecule has 2 nitrogen and oxygen atoms in total. The lowest BCUT2D eigenvalue weighted by atomic mass is 9.89. The molecule has 0 bridgehead atoms. The van der Waals surface area contributed by atoms with Gasteiger partial charge in [-0.2, -0.15) is 0 Å². The third-order valence-corrected chi connectivity index (χ3v) is 2.61. The molecule has 1 aromatic carbocycles. The summed E-state index contributed by atoms with van der Waals surface area (Å²) in [6.45, 7) is 3.91. The van der Waals surface area contributed by atoms with E-state index in [1.807, 2.05) is 0 Å². The Morgan fingerprint density at radius 3 is 2.93 bits per heavy atom. The van der Waals surface area contributed by atoms with Crippen molar-refractivity contribution >= 4 is 0 Å². The van der Waals surface area contributed by atoms with E-state index in [1.54, 1.807) is 26.0 Å². The highest BCUT2D eigenvalue weighted by Crippen LogP contribution is 2.39. The normalized spacial score (nSPS) is 19.9. The monoisotopic (exact) mass is 210 g/mol. The maximum Gasteiger partial charge on any atom is 0.130 e. The van der Waals surface area contributed by atoms with Gasteiger partial charge in [-0.25, -0.2) is 4.39 Å². The van der Waals surface area contributed by atoms with E-state index in [4.69, 9.17) is 4.74 Å². The Kier molecular flexibility index (Phi) is 2.43. The Hall–Kier alpha value is -1.09. The molecule has 0 saturated carbocycles. The van der Waals surface area contributed by atoms with Crippen molar-refractivity contribution in [2.45, 2.75) is 31.8 Å². The van der Waals surface area contributed by atoms with Gasteiger partial charge in [-0.1, -0.05) is 6.07 Å². The number of rotatable bonds is 2. The number of ether oxygens (including phenoxy) is 1. The lowest BCUT2D eigenvalue weighted by molar-refractivity contribution is 0.0600. The van der Waals surface area contributed by atoms with Gasteiger partial charge in [-0.3, -0.25) is 0 Å². The van der Waals surface area contributed by atoms with Gasteiger partial charge in [0, 0.05) is 11.5 Å². The van der Waals surface area contributed by atoms with Gasteiger partial charge in [0.1, 0.15) is 11.6 Å². The highest BCUT2D eigenvalue weighted by atomic mass is 19.1. The number of hydrogen-bond acceptors (Lipinski definition) is 2. The molecule has 0 fully saturated rings. The van der Waals surface area contributed by atoms with E-state index in [0.29, 0.717) is 24.3 Å². The zero-order chi connectivity index (χ0) is 11.1. The van der Waals surface area contributed by atoms with Crippen molar-refractivity contribution in [1.29, 1.82) is 0 Å². The van der Waals surface area contributed by atoms with E-state index in [1.165, 1.54) is 6.07 Å². The summed E-state index contributed by atoms with van der Waals surface area (Å²) in [4.78, 5) is 0. The molecule has 2 rings (SSSR count). The van der Waals surface area contributed by atoms with Gasteiger partial charge in [-0.15, -0.1) is 0 Å². The maximum absolute atomic E-state index is 13.6. The van der Waals surface area contributed by atoms with E-state index in [-0.39, 0.29) is 11.7 Å². The molecule has 3 heteroatoms. The lowest BCUT2D eigenvalue weighted by Crippen LogP contribution is -2.23. The van der Waals surface area contributed by atoms with E-state index in [9.17, 15) is 9.50 Å². The Labute approximate surface area is 88.7 Å². The van der Waals surface area contributed by atoms with Crippen molar-refractivity contribution in [2.75, 3.05) is 6.61 Å². The predicted molar refractivity (Wildman–Crippen MR) is 55.6 cm³/mol. The topological polar surface area (TPSA) is 29.5 Å². The summed E-state index contributed by atoms with van der Waals surface area (Å²) in [7, 11) is 0. The first kappa shape index (κ1) is 10.4. The summed E-state index contributed by atoms with van der Waals surface area (Å²) < 4.78 is 18.9. The van der Waals surface area contributed by atoms with Crippen molar-refractivity contribution in [3.05, 3.63) is 29.6 Å². The molecule has 0 aromatic heterocycles. The van der Waals surface area contributed by atoms with Crippen LogP contribution < -0.4 is 4.74 Å². The van der Waals surface area contributed by atoms with Crippen LogP contribution in [0.1, 0.15) is 31.7 Å². The fourth-order valence-electron chi connectivity index (χ4n) is 2.08.